The van der Waals surface area contributed by atoms with E-state index in [1.807, 2.05) is 50.2 Å². The maximum Gasteiger partial charge on any atom is 0.196 e. The third kappa shape index (κ3) is 7.19. The molecule has 0 aliphatic rings. The Morgan fingerprint density at radius 1 is 0.862 bits per heavy atom. The molecular formula is C21H30IN3O4. The zero-order valence-electron chi connectivity index (χ0n) is 17.6. The number of ether oxygens (including phenoxy) is 4. The van der Waals surface area contributed by atoms with Crippen LogP contribution in [0.5, 0.6) is 23.0 Å². The van der Waals surface area contributed by atoms with Crippen molar-refractivity contribution in [2.45, 2.75) is 20.4 Å². The highest BCUT2D eigenvalue weighted by Gasteiger charge is 2.08. The highest BCUT2D eigenvalue weighted by atomic mass is 127. The van der Waals surface area contributed by atoms with E-state index >= 15 is 0 Å². The van der Waals surface area contributed by atoms with Crippen molar-refractivity contribution in [2.24, 2.45) is 4.99 Å². The molecule has 0 amide bonds. The van der Waals surface area contributed by atoms with Gasteiger partial charge in [0.1, 0.15) is 0 Å². The fourth-order valence-corrected chi connectivity index (χ4v) is 2.62. The maximum atomic E-state index is 5.64. The quantitative estimate of drug-likeness (QED) is 0.295. The van der Waals surface area contributed by atoms with Crippen molar-refractivity contribution < 1.29 is 18.9 Å². The molecule has 0 heterocycles. The van der Waals surface area contributed by atoms with Gasteiger partial charge in [-0.25, -0.2) is 4.99 Å². The van der Waals surface area contributed by atoms with Gasteiger partial charge in [-0.3, -0.25) is 0 Å². The third-order valence-corrected chi connectivity index (χ3v) is 3.94. The average molecular weight is 515 g/mol. The Hall–Kier alpha value is -2.36. The SMILES string of the molecule is CCNC(=NCc1ccc(OC)c(OCC)c1)Nc1ccc(OC)c(OC)c1.I. The predicted molar refractivity (Wildman–Crippen MR) is 128 cm³/mol. The van der Waals surface area contributed by atoms with Gasteiger partial charge in [-0.1, -0.05) is 6.07 Å². The molecule has 7 nitrogen and oxygen atoms in total. The lowest BCUT2D eigenvalue weighted by atomic mass is 10.2. The van der Waals surface area contributed by atoms with Gasteiger partial charge < -0.3 is 29.6 Å². The normalized spacial score (nSPS) is 10.6. The summed E-state index contributed by atoms with van der Waals surface area (Å²) in [4.78, 5) is 4.66. The zero-order chi connectivity index (χ0) is 20.4. The van der Waals surface area contributed by atoms with Gasteiger partial charge in [0, 0.05) is 18.3 Å². The Bertz CT molecular complexity index is 799. The molecule has 8 heteroatoms. The molecule has 0 radical (unpaired) electrons. The highest BCUT2D eigenvalue weighted by molar-refractivity contribution is 14.0. The lowest BCUT2D eigenvalue weighted by Crippen LogP contribution is -2.30. The Morgan fingerprint density at radius 3 is 2.14 bits per heavy atom. The Morgan fingerprint density at radius 2 is 1.52 bits per heavy atom. The van der Waals surface area contributed by atoms with E-state index in [-0.39, 0.29) is 24.0 Å². The second-order valence-corrected chi connectivity index (χ2v) is 5.81. The first kappa shape index (κ1) is 24.7. The van der Waals surface area contributed by atoms with Gasteiger partial charge in [-0.15, -0.1) is 24.0 Å². The van der Waals surface area contributed by atoms with Crippen LogP contribution < -0.4 is 29.6 Å². The van der Waals surface area contributed by atoms with Crippen LogP contribution in [0.4, 0.5) is 5.69 Å². The van der Waals surface area contributed by atoms with Crippen LogP contribution in [0.3, 0.4) is 0 Å². The van der Waals surface area contributed by atoms with Gasteiger partial charge >= 0.3 is 0 Å². The van der Waals surface area contributed by atoms with Gasteiger partial charge in [0.05, 0.1) is 34.5 Å². The van der Waals surface area contributed by atoms with Crippen LogP contribution in [-0.4, -0.2) is 40.4 Å². The summed E-state index contributed by atoms with van der Waals surface area (Å²) in [6, 6.07) is 11.4. The first-order valence-corrected chi connectivity index (χ1v) is 9.22. The molecular weight excluding hydrogens is 485 g/mol. The molecule has 2 aromatic carbocycles. The fraction of sp³-hybridized carbons (Fsp3) is 0.381. The summed E-state index contributed by atoms with van der Waals surface area (Å²) in [7, 11) is 4.86. The van der Waals surface area contributed by atoms with E-state index in [9.17, 15) is 0 Å². The molecule has 0 atom stereocenters. The maximum absolute atomic E-state index is 5.64. The number of guanidine groups is 1. The van der Waals surface area contributed by atoms with Crippen molar-refractivity contribution in [3.8, 4) is 23.0 Å². The number of hydrogen-bond donors (Lipinski definition) is 2. The summed E-state index contributed by atoms with van der Waals surface area (Å²) in [5, 5.41) is 6.53. The second kappa shape index (κ2) is 13.0. The number of benzene rings is 2. The minimum atomic E-state index is 0. The van der Waals surface area contributed by atoms with Crippen molar-refractivity contribution in [1.82, 2.24) is 5.32 Å². The van der Waals surface area contributed by atoms with E-state index in [4.69, 9.17) is 18.9 Å². The summed E-state index contributed by atoms with van der Waals surface area (Å²) in [5.74, 6) is 3.43. The van der Waals surface area contributed by atoms with Crippen LogP contribution in [0.1, 0.15) is 19.4 Å². The zero-order valence-corrected chi connectivity index (χ0v) is 19.9. The number of aliphatic imine (C=N–C) groups is 1. The van der Waals surface area contributed by atoms with Crippen molar-refractivity contribution in [3.05, 3.63) is 42.0 Å². The number of anilines is 1. The Kier molecular flexibility index (Phi) is 11.0. The van der Waals surface area contributed by atoms with Gasteiger partial charge in [-0.2, -0.15) is 0 Å². The summed E-state index contributed by atoms with van der Waals surface area (Å²) in [6.07, 6.45) is 0. The van der Waals surface area contributed by atoms with Crippen LogP contribution >= 0.6 is 24.0 Å². The number of nitrogens with zero attached hydrogens (tertiary/aromatic N) is 1. The summed E-state index contributed by atoms with van der Waals surface area (Å²) in [6.45, 7) is 5.78. The molecule has 0 aliphatic heterocycles. The topological polar surface area (TPSA) is 73.3 Å². The van der Waals surface area contributed by atoms with E-state index < -0.39 is 0 Å². The van der Waals surface area contributed by atoms with Crippen molar-refractivity contribution in [3.63, 3.8) is 0 Å². The first-order chi connectivity index (χ1) is 13.6. The smallest absolute Gasteiger partial charge is 0.196 e. The van der Waals surface area contributed by atoms with E-state index in [1.54, 1.807) is 21.3 Å². The van der Waals surface area contributed by atoms with E-state index in [0.29, 0.717) is 36.4 Å². The fourth-order valence-electron chi connectivity index (χ4n) is 2.62. The average Bonchev–Trinajstić information content (AvgIpc) is 2.72. The molecule has 29 heavy (non-hydrogen) atoms. The Balaban J connectivity index is 0.00000420. The van der Waals surface area contributed by atoms with E-state index in [2.05, 4.69) is 15.6 Å². The molecule has 2 N–H and O–H groups in total. The number of hydrogen-bond acceptors (Lipinski definition) is 5. The van der Waals surface area contributed by atoms with Crippen LogP contribution in [0.15, 0.2) is 41.4 Å². The molecule has 0 aromatic heterocycles. The largest absolute Gasteiger partial charge is 0.493 e. The monoisotopic (exact) mass is 515 g/mol. The number of rotatable bonds is 9. The molecule has 0 bridgehead atoms. The first-order valence-electron chi connectivity index (χ1n) is 9.22. The van der Waals surface area contributed by atoms with Crippen LogP contribution in [0.25, 0.3) is 0 Å². The van der Waals surface area contributed by atoms with E-state index in [0.717, 1.165) is 23.5 Å². The molecule has 2 rings (SSSR count). The summed E-state index contributed by atoms with van der Waals surface area (Å²) in [5.41, 5.74) is 1.87. The minimum absolute atomic E-state index is 0. The minimum Gasteiger partial charge on any atom is -0.493 e. The lowest BCUT2D eigenvalue weighted by molar-refractivity contribution is 0.310. The second-order valence-electron chi connectivity index (χ2n) is 5.81. The molecule has 160 valence electrons. The van der Waals surface area contributed by atoms with Gasteiger partial charge in [0.2, 0.25) is 0 Å². The third-order valence-electron chi connectivity index (χ3n) is 3.94. The summed E-state index contributed by atoms with van der Waals surface area (Å²) < 4.78 is 21.6. The molecule has 2 aromatic rings. The standard InChI is InChI=1S/C21H29N3O4.HI/c1-6-22-21(24-16-9-11-17(25-3)19(13-16)27-5)23-14-15-8-10-18(26-4)20(12-15)28-7-2;/h8-13H,6-7,14H2,1-5H3,(H2,22,23,24);1H. The van der Waals surface area contributed by atoms with Crippen molar-refractivity contribution in [2.75, 3.05) is 39.8 Å². The Labute approximate surface area is 189 Å². The lowest BCUT2D eigenvalue weighted by Gasteiger charge is -2.14. The van der Waals surface area contributed by atoms with Crippen molar-refractivity contribution in [1.29, 1.82) is 0 Å². The van der Waals surface area contributed by atoms with Crippen molar-refractivity contribution >= 4 is 35.6 Å². The van der Waals surface area contributed by atoms with Crippen LogP contribution in [-0.2, 0) is 6.54 Å². The summed E-state index contributed by atoms with van der Waals surface area (Å²) >= 11 is 0. The van der Waals surface area contributed by atoms with Gasteiger partial charge in [0.15, 0.2) is 29.0 Å². The number of methoxy groups -OCH3 is 3. The van der Waals surface area contributed by atoms with E-state index in [1.165, 1.54) is 0 Å². The molecule has 0 fully saturated rings. The number of nitrogens with one attached hydrogen (secondary N) is 2. The molecule has 0 spiro atoms. The van der Waals surface area contributed by atoms with Crippen LogP contribution in [0.2, 0.25) is 0 Å². The van der Waals surface area contributed by atoms with Gasteiger partial charge in [-0.05, 0) is 43.7 Å². The molecule has 0 saturated carbocycles. The molecule has 0 saturated heterocycles. The predicted octanol–water partition coefficient (Wildman–Crippen LogP) is 4.31. The number of halogens is 1. The van der Waals surface area contributed by atoms with Gasteiger partial charge in [0.25, 0.3) is 0 Å². The molecule has 0 unspecified atom stereocenters. The highest BCUT2D eigenvalue weighted by Crippen LogP contribution is 2.30. The molecule has 0 aliphatic carbocycles. The van der Waals surface area contributed by atoms with Crippen LogP contribution in [0, 0.1) is 0 Å².